The maximum Gasteiger partial charge on any atom is 0.269 e. The number of non-ortho nitro benzene ring substituents is 1. The smallest absolute Gasteiger partial charge is 0.269 e. The molecule has 1 fully saturated rings. The second-order valence-electron chi connectivity index (χ2n) is 5.15. The molecule has 1 aliphatic heterocycles. The molecular weight excluding hydrogens is 242 g/mol. The molecule has 0 radical (unpaired) electrons. The normalized spacial score (nSPS) is 19.3. The van der Waals surface area contributed by atoms with E-state index in [1.165, 1.54) is 0 Å². The van der Waals surface area contributed by atoms with Crippen molar-refractivity contribution in [1.29, 1.82) is 0 Å². The fourth-order valence-electron chi connectivity index (χ4n) is 2.78. The van der Waals surface area contributed by atoms with Crippen LogP contribution in [0.3, 0.4) is 0 Å². The molecule has 1 saturated heterocycles. The van der Waals surface area contributed by atoms with Crippen LogP contribution in [0.5, 0.6) is 0 Å². The standard InChI is InChI=1S/C14H21N3O2/c1-2-14(16-8-6-12(15)7-9-16)11-4-3-5-13(10-11)17(18)19/h3-5,10,12,14H,2,6-9,15H2,1H3. The predicted molar refractivity (Wildman–Crippen MR) is 74.9 cm³/mol. The largest absolute Gasteiger partial charge is 0.328 e. The van der Waals surface area contributed by atoms with Crippen LogP contribution in [0.25, 0.3) is 0 Å². The Labute approximate surface area is 113 Å². The van der Waals surface area contributed by atoms with Crippen LogP contribution in [-0.2, 0) is 0 Å². The molecular formula is C14H21N3O2. The summed E-state index contributed by atoms with van der Waals surface area (Å²) in [5, 5.41) is 10.9. The van der Waals surface area contributed by atoms with Crippen LogP contribution in [0.1, 0.15) is 37.8 Å². The van der Waals surface area contributed by atoms with E-state index in [1.807, 2.05) is 6.07 Å². The Morgan fingerprint density at radius 1 is 1.47 bits per heavy atom. The Morgan fingerprint density at radius 2 is 2.16 bits per heavy atom. The van der Waals surface area contributed by atoms with Crippen LogP contribution in [0, 0.1) is 10.1 Å². The molecule has 0 amide bonds. The zero-order chi connectivity index (χ0) is 13.8. The molecule has 1 aliphatic rings. The molecule has 0 aromatic heterocycles. The van der Waals surface area contributed by atoms with Crippen molar-refractivity contribution in [3.05, 3.63) is 39.9 Å². The maximum absolute atomic E-state index is 10.9. The fraction of sp³-hybridized carbons (Fsp3) is 0.571. The lowest BCUT2D eigenvalue weighted by Crippen LogP contribution is -2.41. The number of nitrogens with zero attached hydrogens (tertiary/aromatic N) is 2. The molecule has 5 nitrogen and oxygen atoms in total. The minimum Gasteiger partial charge on any atom is -0.328 e. The summed E-state index contributed by atoms with van der Waals surface area (Å²) in [6.07, 6.45) is 2.97. The molecule has 0 spiro atoms. The Kier molecular flexibility index (Phi) is 4.50. The van der Waals surface area contributed by atoms with Gasteiger partial charge in [0.2, 0.25) is 0 Å². The Balaban J connectivity index is 2.17. The molecule has 0 aliphatic carbocycles. The van der Waals surface area contributed by atoms with Crippen LogP contribution in [-0.4, -0.2) is 29.0 Å². The second-order valence-corrected chi connectivity index (χ2v) is 5.15. The average molecular weight is 263 g/mol. The number of likely N-dealkylation sites (tertiary alicyclic amines) is 1. The van der Waals surface area contributed by atoms with Crippen LogP contribution in [0.2, 0.25) is 0 Å². The molecule has 0 saturated carbocycles. The highest BCUT2D eigenvalue weighted by molar-refractivity contribution is 5.35. The van der Waals surface area contributed by atoms with E-state index in [2.05, 4.69) is 11.8 Å². The Hall–Kier alpha value is -1.46. The van der Waals surface area contributed by atoms with Gasteiger partial charge in [-0.3, -0.25) is 15.0 Å². The van der Waals surface area contributed by atoms with Gasteiger partial charge in [0.05, 0.1) is 4.92 Å². The van der Waals surface area contributed by atoms with E-state index in [1.54, 1.807) is 18.2 Å². The lowest BCUT2D eigenvalue weighted by Gasteiger charge is -2.36. The number of benzene rings is 1. The lowest BCUT2D eigenvalue weighted by atomic mass is 9.98. The van der Waals surface area contributed by atoms with Gasteiger partial charge in [0.25, 0.3) is 5.69 Å². The van der Waals surface area contributed by atoms with Gasteiger partial charge in [0.15, 0.2) is 0 Å². The third-order valence-corrected chi connectivity index (χ3v) is 3.87. The summed E-state index contributed by atoms with van der Waals surface area (Å²) in [6, 6.07) is 7.55. The van der Waals surface area contributed by atoms with Crippen molar-refractivity contribution in [2.75, 3.05) is 13.1 Å². The number of piperidine rings is 1. The predicted octanol–water partition coefficient (Wildman–Crippen LogP) is 2.47. The fourth-order valence-corrected chi connectivity index (χ4v) is 2.78. The molecule has 2 rings (SSSR count). The van der Waals surface area contributed by atoms with Crippen molar-refractivity contribution in [3.8, 4) is 0 Å². The summed E-state index contributed by atoms with van der Waals surface area (Å²) < 4.78 is 0. The first-order valence-electron chi connectivity index (χ1n) is 6.85. The van der Waals surface area contributed by atoms with Crippen LogP contribution >= 0.6 is 0 Å². The van der Waals surface area contributed by atoms with E-state index in [0.29, 0.717) is 6.04 Å². The monoisotopic (exact) mass is 263 g/mol. The highest BCUT2D eigenvalue weighted by atomic mass is 16.6. The van der Waals surface area contributed by atoms with Crippen molar-refractivity contribution < 1.29 is 4.92 Å². The highest BCUT2D eigenvalue weighted by Gasteiger charge is 2.24. The van der Waals surface area contributed by atoms with Gasteiger partial charge >= 0.3 is 0 Å². The number of nitro benzene ring substituents is 1. The number of hydrogen-bond donors (Lipinski definition) is 1. The van der Waals surface area contributed by atoms with Gasteiger partial charge in [-0.1, -0.05) is 19.1 Å². The van der Waals surface area contributed by atoms with Gasteiger partial charge in [-0.2, -0.15) is 0 Å². The van der Waals surface area contributed by atoms with E-state index >= 15 is 0 Å². The quantitative estimate of drug-likeness (QED) is 0.669. The number of nitro groups is 1. The number of nitrogens with two attached hydrogens (primary N) is 1. The number of rotatable bonds is 4. The molecule has 0 bridgehead atoms. The maximum atomic E-state index is 10.9. The van der Waals surface area contributed by atoms with Crippen LogP contribution < -0.4 is 5.73 Å². The average Bonchev–Trinajstić information content (AvgIpc) is 2.42. The first-order valence-corrected chi connectivity index (χ1v) is 6.85. The van der Waals surface area contributed by atoms with Crippen molar-refractivity contribution in [3.63, 3.8) is 0 Å². The van der Waals surface area contributed by atoms with Gasteiger partial charge < -0.3 is 5.73 Å². The SMILES string of the molecule is CCC(c1cccc([N+](=O)[O-])c1)N1CCC(N)CC1. The lowest BCUT2D eigenvalue weighted by molar-refractivity contribution is -0.385. The Morgan fingerprint density at radius 3 is 2.74 bits per heavy atom. The van der Waals surface area contributed by atoms with Gasteiger partial charge in [0, 0.05) is 37.3 Å². The summed E-state index contributed by atoms with van der Waals surface area (Å²) in [4.78, 5) is 12.9. The van der Waals surface area contributed by atoms with Crippen molar-refractivity contribution in [2.45, 2.75) is 38.3 Å². The summed E-state index contributed by atoms with van der Waals surface area (Å²) in [5.41, 5.74) is 7.13. The highest BCUT2D eigenvalue weighted by Crippen LogP contribution is 2.29. The summed E-state index contributed by atoms with van der Waals surface area (Å²) in [7, 11) is 0. The van der Waals surface area contributed by atoms with Crippen LogP contribution in [0.4, 0.5) is 5.69 Å². The molecule has 5 heteroatoms. The summed E-state index contributed by atoms with van der Waals surface area (Å²) in [6.45, 7) is 4.07. The first-order chi connectivity index (χ1) is 9.11. The number of hydrogen-bond acceptors (Lipinski definition) is 4. The van der Waals surface area contributed by atoms with Crippen molar-refractivity contribution in [2.24, 2.45) is 5.73 Å². The summed E-state index contributed by atoms with van der Waals surface area (Å²) in [5.74, 6) is 0. The van der Waals surface area contributed by atoms with Gasteiger partial charge in [-0.15, -0.1) is 0 Å². The van der Waals surface area contributed by atoms with Crippen LogP contribution in [0.15, 0.2) is 24.3 Å². The van der Waals surface area contributed by atoms with E-state index in [0.717, 1.165) is 37.9 Å². The zero-order valence-corrected chi connectivity index (χ0v) is 11.3. The molecule has 1 aromatic carbocycles. The minimum atomic E-state index is -0.331. The van der Waals surface area contributed by atoms with E-state index in [-0.39, 0.29) is 16.7 Å². The minimum absolute atomic E-state index is 0.171. The first kappa shape index (κ1) is 14.0. The van der Waals surface area contributed by atoms with E-state index in [9.17, 15) is 10.1 Å². The third kappa shape index (κ3) is 3.30. The topological polar surface area (TPSA) is 72.4 Å². The molecule has 1 atom stereocenters. The third-order valence-electron chi connectivity index (χ3n) is 3.87. The van der Waals surface area contributed by atoms with Gasteiger partial charge in [0.1, 0.15) is 0 Å². The zero-order valence-electron chi connectivity index (χ0n) is 11.3. The van der Waals surface area contributed by atoms with Gasteiger partial charge in [-0.05, 0) is 24.8 Å². The molecule has 104 valence electrons. The molecule has 1 aromatic rings. The Bertz CT molecular complexity index is 442. The molecule has 1 heterocycles. The van der Waals surface area contributed by atoms with E-state index in [4.69, 9.17) is 5.73 Å². The second kappa shape index (κ2) is 6.12. The van der Waals surface area contributed by atoms with Crippen molar-refractivity contribution in [1.82, 2.24) is 4.90 Å². The molecule has 19 heavy (non-hydrogen) atoms. The molecule has 1 unspecified atom stereocenters. The van der Waals surface area contributed by atoms with Gasteiger partial charge in [-0.25, -0.2) is 0 Å². The summed E-state index contributed by atoms with van der Waals surface area (Å²) >= 11 is 0. The molecule has 2 N–H and O–H groups in total. The van der Waals surface area contributed by atoms with Crippen molar-refractivity contribution >= 4 is 5.69 Å². The van der Waals surface area contributed by atoms with E-state index < -0.39 is 0 Å².